The Morgan fingerprint density at radius 3 is 0.595 bits per heavy atom. The molecule has 0 bridgehead atoms. The van der Waals surface area contributed by atoms with E-state index < -0.39 is 51.9 Å². The number of thiophene rings is 1. The van der Waals surface area contributed by atoms with Gasteiger partial charge in [0.25, 0.3) is 0 Å². The summed E-state index contributed by atoms with van der Waals surface area (Å²) in [6.07, 6.45) is 52.3. The van der Waals surface area contributed by atoms with E-state index in [1.54, 1.807) is 0 Å². The van der Waals surface area contributed by atoms with Gasteiger partial charge in [-0.15, -0.1) is 0 Å². The summed E-state index contributed by atoms with van der Waals surface area (Å²) in [5.41, 5.74) is 0. The molecule has 0 aromatic carbocycles. The van der Waals surface area contributed by atoms with Gasteiger partial charge >= 0.3 is 458 Å². The maximum atomic E-state index is 17.4. The zero-order valence-electron chi connectivity index (χ0n) is 54.9. The molecule has 1 aromatic rings. The molecule has 470 valence electrons. The summed E-state index contributed by atoms with van der Waals surface area (Å²) in [6.45, 7) is 25.1. The topological polar surface area (TPSA) is 71.1 Å². The molecular weight excluding hydrogens is 1240 g/mol. The Morgan fingerprint density at radius 2 is 0.418 bits per heavy atom. The van der Waals surface area contributed by atoms with Crippen LogP contribution in [-0.2, 0) is 27.2 Å². The first kappa shape index (κ1) is 78.6. The van der Waals surface area contributed by atoms with Crippen molar-refractivity contribution >= 4 is 79.7 Å². The average Bonchev–Trinajstić information content (AvgIpc) is 4.16. The quantitative estimate of drug-likeness (QED) is 0.0368. The monoisotopic (exact) mass is 1380 g/mol. The molecule has 79 heavy (non-hydrogen) atoms. The van der Waals surface area contributed by atoms with Crippen molar-refractivity contribution in [3.8, 4) is 0 Å². The third-order valence-corrected chi connectivity index (χ3v) is 61.0. The van der Waals surface area contributed by atoms with E-state index in [9.17, 15) is 0 Å². The molecule has 1 heterocycles. The van der Waals surface area contributed by atoms with Gasteiger partial charge in [-0.1, -0.05) is 53.4 Å². The van der Waals surface area contributed by atoms with Gasteiger partial charge in [0.15, 0.2) is 0 Å². The smallest absolute Gasteiger partial charge is 0.0654 e. The van der Waals surface area contributed by atoms with Gasteiger partial charge in [0, 0.05) is 0 Å². The molecule has 0 unspecified atom stereocenters. The zero-order valence-corrected chi connectivity index (χ0v) is 63.2. The predicted molar refractivity (Wildman–Crippen MR) is 362 cm³/mol. The van der Waals surface area contributed by atoms with Crippen molar-refractivity contribution in [1.29, 1.82) is 0 Å². The molecule has 1 aromatic heterocycles. The Morgan fingerprint density at radius 1 is 0.253 bits per heavy atom. The Hall–Kier alpha value is 1.60. The van der Waals surface area contributed by atoms with Gasteiger partial charge in [-0.2, -0.15) is 0 Å². The van der Waals surface area contributed by atoms with Crippen molar-refractivity contribution in [2.24, 2.45) is 0 Å². The first-order valence-corrected chi connectivity index (χ1v) is 54.4. The molecule has 0 aliphatic heterocycles. The van der Waals surface area contributed by atoms with Crippen molar-refractivity contribution in [2.45, 2.75) is 378 Å². The Kier molecular flexibility index (Phi) is 52.4. The Bertz CT molecular complexity index is 1400. The summed E-state index contributed by atoms with van der Waals surface area (Å²) in [6, 6.07) is 0. The third kappa shape index (κ3) is 33.5. The summed E-state index contributed by atoms with van der Waals surface area (Å²) in [4.78, 5) is 0. The van der Waals surface area contributed by atoms with Crippen LogP contribution in [0.4, 0.5) is 0 Å². The van der Waals surface area contributed by atoms with Crippen LogP contribution in [0, 0.1) is 0 Å². The van der Waals surface area contributed by atoms with Gasteiger partial charge < -0.3 is 0 Å². The zero-order chi connectivity index (χ0) is 58.0. The van der Waals surface area contributed by atoms with Gasteiger partial charge in [-0.25, -0.2) is 0 Å². The molecule has 6 nitrogen and oxygen atoms in total. The second-order valence-electron chi connectivity index (χ2n) is 24.9. The van der Waals surface area contributed by atoms with E-state index in [-0.39, 0.29) is 0 Å². The second-order valence-corrected chi connectivity index (χ2v) is 57.9. The molecule has 0 N–H and O–H groups in total. The third-order valence-electron chi connectivity index (χ3n) is 17.5. The van der Waals surface area contributed by atoms with Gasteiger partial charge in [0.05, 0.1) is 0 Å². The summed E-state index contributed by atoms with van der Waals surface area (Å²) >= 11 is -5.04. The van der Waals surface area contributed by atoms with Crippen molar-refractivity contribution in [2.75, 3.05) is 26.4 Å². The van der Waals surface area contributed by atoms with Crippen LogP contribution in [0.15, 0.2) is 0 Å². The van der Waals surface area contributed by atoms with Crippen molar-refractivity contribution in [3.63, 3.8) is 0 Å². The number of hydrogen-bond donors (Lipinski definition) is 0. The van der Waals surface area contributed by atoms with Crippen LogP contribution in [0.1, 0.15) is 352 Å². The summed E-state index contributed by atoms with van der Waals surface area (Å²) in [5, 5.41) is 1.60. The van der Waals surface area contributed by atoms with Crippen LogP contribution in [0.3, 0.4) is 0 Å². The average molecular weight is 1380 g/mol. The second kappa shape index (κ2) is 52.7. The van der Waals surface area contributed by atoms with Gasteiger partial charge in [0.2, 0.25) is 0 Å². The van der Waals surface area contributed by atoms with E-state index in [1.165, 1.54) is 225 Å². The molecule has 0 spiro atoms. The number of rotatable bonds is 62. The maximum absolute atomic E-state index is 17.4. The van der Waals surface area contributed by atoms with Crippen LogP contribution >= 0.6 is 26.5 Å². The summed E-state index contributed by atoms with van der Waals surface area (Å²) in [5.74, 6) is 0. The SMILES string of the molecule is CCCCCCCCCCOP(=O)(OCCCCCCCCCC)c1[c]([Sn]([CH2]CCC)([CH2]CCC)[CH2]CCC)s[c]([Sn]([CH2]CCC)([CH2]CCC)[CH2]CCC)c1P(=O)(OCCCCCCCCCC)OCCCCCCCCCC. The molecule has 0 atom stereocenters. The van der Waals surface area contributed by atoms with Crippen LogP contribution in [0.25, 0.3) is 0 Å². The van der Waals surface area contributed by atoms with Crippen molar-refractivity contribution in [1.82, 2.24) is 0 Å². The van der Waals surface area contributed by atoms with E-state index in [0.29, 0.717) is 26.4 Å². The van der Waals surface area contributed by atoms with E-state index >= 15 is 9.13 Å². The minimum absolute atomic E-state index is 0.410. The summed E-state index contributed by atoms with van der Waals surface area (Å²) < 4.78 is 74.1. The predicted octanol–water partition coefficient (Wildman–Crippen LogP) is 24.1. The summed E-state index contributed by atoms with van der Waals surface area (Å²) in [7, 11) is -8.13. The molecule has 0 radical (unpaired) electrons. The van der Waals surface area contributed by atoms with Crippen LogP contribution < -0.4 is 16.4 Å². The molecule has 0 aliphatic carbocycles. The van der Waals surface area contributed by atoms with E-state index in [0.717, 1.165) is 101 Å². The van der Waals surface area contributed by atoms with E-state index in [4.69, 9.17) is 18.1 Å². The first-order chi connectivity index (χ1) is 38.6. The normalized spacial score (nSPS) is 12.7. The molecule has 0 amide bonds. The molecule has 0 saturated carbocycles. The van der Waals surface area contributed by atoms with Gasteiger partial charge in [0.1, 0.15) is 0 Å². The Balaban J connectivity index is 4.63. The van der Waals surface area contributed by atoms with Gasteiger partial charge in [-0.05, 0) is 0 Å². The van der Waals surface area contributed by atoms with Crippen LogP contribution in [0.5, 0.6) is 0 Å². The molecule has 11 heteroatoms. The van der Waals surface area contributed by atoms with E-state index in [1.807, 2.05) is 0 Å². The molecular formula is C68H138O6P2SSn2. The first-order valence-electron chi connectivity index (χ1n) is 35.5. The fraction of sp³-hybridized carbons (Fsp3) is 0.941. The van der Waals surface area contributed by atoms with Gasteiger partial charge in [-0.3, -0.25) is 0 Å². The standard InChI is InChI=1S/C44H84O6P2S.6C4H9.2Sn/c1-5-9-13-17-21-25-29-33-37-47-51(45,48-38-34-30-26-22-18-14-10-6-2)43-41-53-42-44(43)52(46,49-39-35-31-27-23-19-15-11-7-3)50-40-36-32-28-24-20-16-12-8-4;6*1-3-4-2;;/h5-40H2,1-4H3;6*1,3-4H2,2H3;;. The number of hydrogen-bond acceptors (Lipinski definition) is 7. The molecule has 0 aliphatic rings. The minimum atomic E-state index is -4.07. The molecule has 1 rings (SSSR count). The Labute approximate surface area is 507 Å². The van der Waals surface area contributed by atoms with E-state index in [2.05, 4.69) is 80.6 Å². The number of unbranched alkanes of at least 4 members (excludes halogenated alkanes) is 34. The van der Waals surface area contributed by atoms with Crippen molar-refractivity contribution in [3.05, 3.63) is 0 Å². The van der Waals surface area contributed by atoms with Crippen molar-refractivity contribution < 1.29 is 27.2 Å². The fourth-order valence-electron chi connectivity index (χ4n) is 12.2. The fourth-order valence-corrected chi connectivity index (χ4v) is 66.0. The molecule has 0 saturated heterocycles. The minimum Gasteiger partial charge on any atom is -0.0654 e. The van der Waals surface area contributed by atoms with Crippen LogP contribution in [-0.4, -0.2) is 63.2 Å². The molecule has 0 fully saturated rings. The van der Waals surface area contributed by atoms with Crippen LogP contribution in [0.2, 0.25) is 26.6 Å².